The van der Waals surface area contributed by atoms with E-state index in [0.29, 0.717) is 18.8 Å². The maximum absolute atomic E-state index is 11.9. The molecule has 0 saturated carbocycles. The first-order valence-corrected chi connectivity index (χ1v) is 5.86. The first kappa shape index (κ1) is 12.3. The molecule has 0 unspecified atom stereocenters. The first-order chi connectivity index (χ1) is 8.58. The first-order valence-electron chi connectivity index (χ1n) is 5.86. The highest BCUT2D eigenvalue weighted by molar-refractivity contribution is 5.93. The van der Waals surface area contributed by atoms with Crippen molar-refractivity contribution in [2.24, 2.45) is 0 Å². The number of aryl methyl sites for hydroxylation is 3. The second-order valence-electron chi connectivity index (χ2n) is 4.34. The van der Waals surface area contributed by atoms with Gasteiger partial charge in [-0.3, -0.25) is 4.79 Å². The van der Waals surface area contributed by atoms with Crippen LogP contribution in [-0.2, 0) is 6.54 Å². The molecule has 0 spiro atoms. The zero-order valence-corrected chi connectivity index (χ0v) is 10.8. The Bertz CT molecular complexity index is 555. The van der Waals surface area contributed by atoms with Crippen molar-refractivity contribution in [1.29, 1.82) is 0 Å². The topological polar surface area (TPSA) is 75.6 Å². The third-order valence-electron chi connectivity index (χ3n) is 2.82. The zero-order chi connectivity index (χ0) is 13.1. The monoisotopic (exact) mass is 247 g/mol. The van der Waals surface area contributed by atoms with Crippen molar-refractivity contribution in [3.8, 4) is 0 Å². The van der Waals surface area contributed by atoms with Gasteiger partial charge in [0, 0.05) is 18.8 Å². The Hall–Kier alpha value is -2.11. The fourth-order valence-electron chi connectivity index (χ4n) is 1.88. The van der Waals surface area contributed by atoms with Crippen molar-refractivity contribution in [2.75, 3.05) is 6.54 Å². The lowest BCUT2D eigenvalue weighted by atomic mass is 10.2. The van der Waals surface area contributed by atoms with Gasteiger partial charge >= 0.3 is 0 Å². The Balaban J connectivity index is 1.89. The molecule has 0 atom stereocenters. The summed E-state index contributed by atoms with van der Waals surface area (Å²) in [5.74, 6) is 0.766. The summed E-state index contributed by atoms with van der Waals surface area (Å²) in [6.07, 6.45) is 1.66. The van der Waals surface area contributed by atoms with Crippen molar-refractivity contribution >= 4 is 5.91 Å². The Morgan fingerprint density at radius 1 is 1.44 bits per heavy atom. The van der Waals surface area contributed by atoms with Crippen LogP contribution in [0, 0.1) is 20.8 Å². The minimum Gasteiger partial charge on any atom is -0.354 e. The van der Waals surface area contributed by atoms with Crippen LogP contribution in [0.4, 0.5) is 0 Å². The van der Waals surface area contributed by atoms with Crippen LogP contribution in [0.5, 0.6) is 0 Å². The molecule has 6 nitrogen and oxygen atoms in total. The number of carbonyl (C=O) groups excluding carboxylic acids is 1. The second kappa shape index (κ2) is 5.03. The summed E-state index contributed by atoms with van der Waals surface area (Å²) in [5.41, 5.74) is 2.59. The molecule has 0 radical (unpaired) electrons. The van der Waals surface area contributed by atoms with Crippen LogP contribution in [0.3, 0.4) is 0 Å². The molecule has 6 heteroatoms. The minimum atomic E-state index is -0.0775. The molecule has 2 aromatic heterocycles. The van der Waals surface area contributed by atoms with Crippen molar-refractivity contribution in [2.45, 2.75) is 27.3 Å². The van der Waals surface area contributed by atoms with Crippen molar-refractivity contribution in [3.63, 3.8) is 0 Å². The number of aromatic nitrogens is 4. The molecular weight excluding hydrogens is 230 g/mol. The van der Waals surface area contributed by atoms with Gasteiger partial charge in [0.2, 0.25) is 0 Å². The van der Waals surface area contributed by atoms with Gasteiger partial charge in [-0.05, 0) is 32.4 Å². The molecule has 0 aromatic carbocycles. The highest BCUT2D eigenvalue weighted by Crippen LogP contribution is 2.08. The summed E-state index contributed by atoms with van der Waals surface area (Å²) in [6.45, 7) is 6.96. The van der Waals surface area contributed by atoms with E-state index < -0.39 is 0 Å². The van der Waals surface area contributed by atoms with Crippen LogP contribution in [0.2, 0.25) is 0 Å². The molecule has 0 aliphatic carbocycles. The van der Waals surface area contributed by atoms with Crippen LogP contribution >= 0.6 is 0 Å². The lowest BCUT2D eigenvalue weighted by Gasteiger charge is -2.06. The fourth-order valence-corrected chi connectivity index (χ4v) is 1.88. The van der Waals surface area contributed by atoms with E-state index >= 15 is 0 Å². The normalized spacial score (nSPS) is 10.6. The molecule has 0 fully saturated rings. The summed E-state index contributed by atoms with van der Waals surface area (Å²) in [7, 11) is 0. The predicted octanol–water partition coefficient (Wildman–Crippen LogP) is 0.961. The second-order valence-corrected chi connectivity index (χ2v) is 4.34. The molecule has 1 amide bonds. The number of aromatic amines is 1. The maximum atomic E-state index is 11.9. The Kier molecular flexibility index (Phi) is 3.45. The average Bonchev–Trinajstić information content (AvgIpc) is 2.85. The molecule has 18 heavy (non-hydrogen) atoms. The lowest BCUT2D eigenvalue weighted by molar-refractivity contribution is 0.0947. The Morgan fingerprint density at radius 2 is 2.22 bits per heavy atom. The predicted molar refractivity (Wildman–Crippen MR) is 67.4 cm³/mol. The molecular formula is C12H17N5O. The Labute approximate surface area is 105 Å². The number of nitrogens with zero attached hydrogens (tertiary/aromatic N) is 3. The van der Waals surface area contributed by atoms with Gasteiger partial charge in [-0.1, -0.05) is 0 Å². The third kappa shape index (κ3) is 2.58. The highest BCUT2D eigenvalue weighted by atomic mass is 16.1. The van der Waals surface area contributed by atoms with Crippen LogP contribution in [0.25, 0.3) is 0 Å². The van der Waals surface area contributed by atoms with Crippen LogP contribution in [0.15, 0.2) is 12.4 Å². The minimum absolute atomic E-state index is 0.0775. The molecule has 0 aliphatic rings. The SMILES string of the molecule is Cc1cc(C)c(C(=O)NCCn2cnnc2C)[nH]1. The van der Waals surface area contributed by atoms with Gasteiger partial charge in [-0.2, -0.15) is 0 Å². The molecule has 0 saturated heterocycles. The molecule has 2 rings (SSSR count). The number of H-pyrrole nitrogens is 1. The van der Waals surface area contributed by atoms with E-state index in [1.54, 1.807) is 6.33 Å². The maximum Gasteiger partial charge on any atom is 0.268 e. The highest BCUT2D eigenvalue weighted by Gasteiger charge is 2.10. The standard InChI is InChI=1S/C12H17N5O/c1-8-6-9(2)15-11(8)12(18)13-4-5-17-7-14-16-10(17)3/h6-7,15H,4-5H2,1-3H3,(H,13,18). The largest absolute Gasteiger partial charge is 0.354 e. The van der Waals surface area contributed by atoms with E-state index in [-0.39, 0.29) is 5.91 Å². The van der Waals surface area contributed by atoms with Gasteiger partial charge in [0.15, 0.2) is 0 Å². The van der Waals surface area contributed by atoms with Gasteiger partial charge in [0.25, 0.3) is 5.91 Å². The number of amides is 1. The van der Waals surface area contributed by atoms with Crippen molar-refractivity contribution in [1.82, 2.24) is 25.1 Å². The van der Waals surface area contributed by atoms with Crippen LogP contribution in [-0.4, -0.2) is 32.2 Å². The van der Waals surface area contributed by atoms with E-state index in [1.807, 2.05) is 31.4 Å². The van der Waals surface area contributed by atoms with Gasteiger partial charge in [-0.25, -0.2) is 0 Å². The Morgan fingerprint density at radius 3 is 2.78 bits per heavy atom. The summed E-state index contributed by atoms with van der Waals surface area (Å²) >= 11 is 0. The van der Waals surface area contributed by atoms with Crippen molar-refractivity contribution in [3.05, 3.63) is 35.2 Å². The molecule has 2 heterocycles. The van der Waals surface area contributed by atoms with E-state index in [2.05, 4.69) is 20.5 Å². The fraction of sp³-hybridized carbons (Fsp3) is 0.417. The van der Waals surface area contributed by atoms with Crippen LogP contribution < -0.4 is 5.32 Å². The number of rotatable bonds is 4. The molecule has 2 N–H and O–H groups in total. The van der Waals surface area contributed by atoms with Crippen molar-refractivity contribution < 1.29 is 4.79 Å². The van der Waals surface area contributed by atoms with Gasteiger partial charge in [0.05, 0.1) is 0 Å². The summed E-state index contributed by atoms with van der Waals surface area (Å²) in [6, 6.07) is 1.96. The smallest absolute Gasteiger partial charge is 0.268 e. The van der Waals surface area contributed by atoms with Gasteiger partial charge in [0.1, 0.15) is 17.8 Å². The summed E-state index contributed by atoms with van der Waals surface area (Å²) in [4.78, 5) is 15.0. The lowest BCUT2D eigenvalue weighted by Crippen LogP contribution is -2.28. The number of hydrogen-bond donors (Lipinski definition) is 2. The van der Waals surface area contributed by atoms with Crippen LogP contribution in [0.1, 0.15) is 27.6 Å². The van der Waals surface area contributed by atoms with Gasteiger partial charge in [-0.15, -0.1) is 10.2 Å². The van der Waals surface area contributed by atoms with E-state index in [4.69, 9.17) is 0 Å². The zero-order valence-electron chi connectivity index (χ0n) is 10.8. The molecule has 0 bridgehead atoms. The van der Waals surface area contributed by atoms with Gasteiger partial charge < -0.3 is 14.9 Å². The number of nitrogens with one attached hydrogen (secondary N) is 2. The molecule has 0 aliphatic heterocycles. The number of carbonyl (C=O) groups is 1. The van der Waals surface area contributed by atoms with E-state index in [1.165, 1.54) is 0 Å². The summed E-state index contributed by atoms with van der Waals surface area (Å²) in [5, 5.41) is 10.5. The molecule has 2 aromatic rings. The number of hydrogen-bond acceptors (Lipinski definition) is 3. The quantitative estimate of drug-likeness (QED) is 0.845. The van der Waals surface area contributed by atoms with E-state index in [0.717, 1.165) is 17.1 Å². The van der Waals surface area contributed by atoms with E-state index in [9.17, 15) is 4.79 Å². The third-order valence-corrected chi connectivity index (χ3v) is 2.82. The molecule has 96 valence electrons. The average molecular weight is 247 g/mol. The summed E-state index contributed by atoms with van der Waals surface area (Å²) < 4.78 is 1.90.